The van der Waals surface area contributed by atoms with Crippen LogP contribution in [0.2, 0.25) is 0 Å². The van der Waals surface area contributed by atoms with E-state index in [4.69, 9.17) is 10.5 Å². The molecule has 0 fully saturated rings. The van der Waals surface area contributed by atoms with Crippen LogP contribution >= 0.6 is 0 Å². The Morgan fingerprint density at radius 3 is 2.69 bits per heavy atom. The van der Waals surface area contributed by atoms with Crippen LogP contribution in [0, 0.1) is 5.92 Å². The molecule has 0 aromatic carbocycles. The fourth-order valence-corrected chi connectivity index (χ4v) is 1.79. The first-order valence-corrected chi connectivity index (χ1v) is 6.26. The van der Waals surface area contributed by atoms with Crippen LogP contribution < -0.4 is 5.73 Å². The molecule has 1 unspecified atom stereocenters. The van der Waals surface area contributed by atoms with Crippen LogP contribution in [0.25, 0.3) is 0 Å². The molecule has 0 aliphatic heterocycles. The van der Waals surface area contributed by atoms with Crippen LogP contribution in [0.1, 0.15) is 26.2 Å². The van der Waals surface area contributed by atoms with Gasteiger partial charge in [0, 0.05) is 20.2 Å². The van der Waals surface area contributed by atoms with Gasteiger partial charge in [0.05, 0.1) is 6.61 Å². The predicted octanol–water partition coefficient (Wildman–Crippen LogP) is 1.89. The van der Waals surface area contributed by atoms with Gasteiger partial charge in [-0.1, -0.05) is 13.0 Å². The van der Waals surface area contributed by atoms with Crippen LogP contribution in [0.3, 0.4) is 0 Å². The van der Waals surface area contributed by atoms with Crippen molar-refractivity contribution in [3.05, 3.63) is 12.7 Å². The molecule has 16 heavy (non-hydrogen) atoms. The zero-order chi connectivity index (χ0) is 12.2. The quantitative estimate of drug-likeness (QED) is 0.549. The summed E-state index contributed by atoms with van der Waals surface area (Å²) in [5.41, 5.74) is 5.53. The molecule has 0 aromatic rings. The Morgan fingerprint density at radius 1 is 1.38 bits per heavy atom. The molecule has 0 aliphatic rings. The Hall–Kier alpha value is -0.380. The summed E-state index contributed by atoms with van der Waals surface area (Å²) < 4.78 is 5.09. The van der Waals surface area contributed by atoms with E-state index in [0.29, 0.717) is 0 Å². The van der Waals surface area contributed by atoms with Gasteiger partial charge in [0.2, 0.25) is 0 Å². The maximum atomic E-state index is 5.53. The molecule has 0 bridgehead atoms. The fraction of sp³-hybridized carbons (Fsp3) is 0.846. The topological polar surface area (TPSA) is 38.5 Å². The van der Waals surface area contributed by atoms with Crippen molar-refractivity contribution < 1.29 is 4.74 Å². The first-order chi connectivity index (χ1) is 7.74. The van der Waals surface area contributed by atoms with Crippen molar-refractivity contribution in [2.75, 3.05) is 39.9 Å². The van der Waals surface area contributed by atoms with Gasteiger partial charge in [-0.05, 0) is 38.3 Å². The molecule has 96 valence electrons. The monoisotopic (exact) mass is 228 g/mol. The van der Waals surface area contributed by atoms with E-state index in [9.17, 15) is 0 Å². The molecule has 2 N–H and O–H groups in total. The van der Waals surface area contributed by atoms with Gasteiger partial charge in [-0.3, -0.25) is 4.90 Å². The third-order valence-corrected chi connectivity index (χ3v) is 2.83. The second-order valence-electron chi connectivity index (χ2n) is 4.41. The van der Waals surface area contributed by atoms with Crippen LogP contribution in [0.15, 0.2) is 12.7 Å². The Labute approximate surface area is 101 Å². The summed E-state index contributed by atoms with van der Waals surface area (Å²) >= 11 is 0. The summed E-state index contributed by atoms with van der Waals surface area (Å²) in [6.07, 6.45) is 5.59. The van der Waals surface area contributed by atoms with Crippen molar-refractivity contribution in [1.29, 1.82) is 0 Å². The number of rotatable bonds is 11. The average molecular weight is 228 g/mol. The van der Waals surface area contributed by atoms with Crippen molar-refractivity contribution in [3.63, 3.8) is 0 Å². The second-order valence-corrected chi connectivity index (χ2v) is 4.41. The van der Waals surface area contributed by atoms with Gasteiger partial charge in [-0.2, -0.15) is 0 Å². The SMILES string of the molecule is C=CCN(CCCC(C)CCN)CCOC. The molecule has 0 aliphatic carbocycles. The van der Waals surface area contributed by atoms with Crippen molar-refractivity contribution in [2.24, 2.45) is 11.7 Å². The minimum absolute atomic E-state index is 0.748. The van der Waals surface area contributed by atoms with Gasteiger partial charge >= 0.3 is 0 Å². The lowest BCUT2D eigenvalue weighted by molar-refractivity contribution is 0.152. The summed E-state index contributed by atoms with van der Waals surface area (Å²) in [6, 6.07) is 0. The zero-order valence-electron chi connectivity index (χ0n) is 11.0. The van der Waals surface area contributed by atoms with E-state index in [2.05, 4.69) is 18.4 Å². The molecular formula is C13H28N2O. The molecule has 0 saturated heterocycles. The van der Waals surface area contributed by atoms with E-state index in [0.717, 1.165) is 45.1 Å². The predicted molar refractivity (Wildman–Crippen MR) is 70.6 cm³/mol. The molecule has 0 rings (SSSR count). The molecule has 3 nitrogen and oxygen atoms in total. The first kappa shape index (κ1) is 15.6. The molecule has 1 atom stereocenters. The maximum Gasteiger partial charge on any atom is 0.0589 e. The number of hydrogen-bond acceptors (Lipinski definition) is 3. The van der Waals surface area contributed by atoms with E-state index >= 15 is 0 Å². The van der Waals surface area contributed by atoms with E-state index in [1.54, 1.807) is 7.11 Å². The van der Waals surface area contributed by atoms with Gasteiger partial charge in [0.1, 0.15) is 0 Å². The molecule has 0 heterocycles. The lowest BCUT2D eigenvalue weighted by Gasteiger charge is -2.21. The molecule has 0 amide bonds. The van der Waals surface area contributed by atoms with Crippen LogP contribution in [-0.4, -0.2) is 44.8 Å². The number of nitrogens with zero attached hydrogens (tertiary/aromatic N) is 1. The highest BCUT2D eigenvalue weighted by Crippen LogP contribution is 2.09. The van der Waals surface area contributed by atoms with Crippen molar-refractivity contribution >= 4 is 0 Å². The van der Waals surface area contributed by atoms with E-state index in [-0.39, 0.29) is 0 Å². The van der Waals surface area contributed by atoms with Crippen molar-refractivity contribution in [3.8, 4) is 0 Å². The molecule has 0 radical (unpaired) electrons. The summed E-state index contributed by atoms with van der Waals surface area (Å²) in [4.78, 5) is 2.38. The summed E-state index contributed by atoms with van der Waals surface area (Å²) in [6.45, 7) is 10.7. The van der Waals surface area contributed by atoms with Gasteiger partial charge < -0.3 is 10.5 Å². The highest BCUT2D eigenvalue weighted by molar-refractivity contribution is 4.73. The zero-order valence-corrected chi connectivity index (χ0v) is 11.0. The number of hydrogen-bond donors (Lipinski definition) is 1. The summed E-state index contributed by atoms with van der Waals surface area (Å²) in [5, 5.41) is 0. The first-order valence-electron chi connectivity index (χ1n) is 6.26. The lowest BCUT2D eigenvalue weighted by Crippen LogP contribution is -2.29. The summed E-state index contributed by atoms with van der Waals surface area (Å²) in [5.74, 6) is 0.748. The van der Waals surface area contributed by atoms with Crippen molar-refractivity contribution in [2.45, 2.75) is 26.2 Å². The van der Waals surface area contributed by atoms with Gasteiger partial charge in [0.25, 0.3) is 0 Å². The third kappa shape index (κ3) is 8.89. The third-order valence-electron chi connectivity index (χ3n) is 2.83. The molecule has 3 heteroatoms. The highest BCUT2D eigenvalue weighted by Gasteiger charge is 2.05. The Balaban J connectivity index is 3.61. The van der Waals surface area contributed by atoms with Gasteiger partial charge in [0.15, 0.2) is 0 Å². The average Bonchev–Trinajstić information content (AvgIpc) is 2.26. The second kappa shape index (κ2) is 11.1. The number of ether oxygens (including phenoxy) is 1. The molecule has 0 spiro atoms. The maximum absolute atomic E-state index is 5.53. The smallest absolute Gasteiger partial charge is 0.0589 e. The number of methoxy groups -OCH3 is 1. The molecular weight excluding hydrogens is 200 g/mol. The minimum Gasteiger partial charge on any atom is -0.383 e. The standard InChI is InChI=1S/C13H28N2O/c1-4-9-15(11-12-16-3)10-5-6-13(2)7-8-14/h4,13H,1,5-12,14H2,2-3H3. The molecule has 0 saturated carbocycles. The molecule has 0 aromatic heterocycles. The van der Waals surface area contributed by atoms with Crippen molar-refractivity contribution in [1.82, 2.24) is 4.90 Å². The highest BCUT2D eigenvalue weighted by atomic mass is 16.5. The van der Waals surface area contributed by atoms with Crippen LogP contribution in [-0.2, 0) is 4.74 Å². The Bertz CT molecular complexity index is 162. The van der Waals surface area contributed by atoms with Gasteiger partial charge in [-0.25, -0.2) is 0 Å². The van der Waals surface area contributed by atoms with Crippen LogP contribution in [0.5, 0.6) is 0 Å². The Kier molecular flexibility index (Phi) is 10.9. The van der Waals surface area contributed by atoms with E-state index in [1.807, 2.05) is 6.08 Å². The Morgan fingerprint density at radius 2 is 2.12 bits per heavy atom. The lowest BCUT2D eigenvalue weighted by atomic mass is 10.0. The summed E-state index contributed by atoms with van der Waals surface area (Å²) in [7, 11) is 1.75. The normalized spacial score (nSPS) is 13.0. The van der Waals surface area contributed by atoms with E-state index < -0.39 is 0 Å². The fourth-order valence-electron chi connectivity index (χ4n) is 1.79. The van der Waals surface area contributed by atoms with Crippen LogP contribution in [0.4, 0.5) is 0 Å². The minimum atomic E-state index is 0.748. The largest absolute Gasteiger partial charge is 0.383 e. The van der Waals surface area contributed by atoms with E-state index in [1.165, 1.54) is 12.8 Å². The number of nitrogens with two attached hydrogens (primary N) is 1. The van der Waals surface area contributed by atoms with Gasteiger partial charge in [-0.15, -0.1) is 6.58 Å².